The summed E-state index contributed by atoms with van der Waals surface area (Å²) in [5.41, 5.74) is 1.99. The van der Waals surface area contributed by atoms with Gasteiger partial charge in [0.2, 0.25) is 5.91 Å². The lowest BCUT2D eigenvalue weighted by Crippen LogP contribution is -2.31. The van der Waals surface area contributed by atoms with Crippen LogP contribution in [0.4, 0.5) is 11.4 Å². The fraction of sp³-hybridized carbons (Fsp3) is 0.227. The molecule has 0 aliphatic carbocycles. The summed E-state index contributed by atoms with van der Waals surface area (Å²) in [6, 6.07) is 13.8. The number of anilines is 2. The Labute approximate surface area is 184 Å². The van der Waals surface area contributed by atoms with Gasteiger partial charge in [0.25, 0.3) is 10.0 Å². The van der Waals surface area contributed by atoms with E-state index in [-0.39, 0.29) is 17.3 Å². The van der Waals surface area contributed by atoms with Crippen LogP contribution in [0.2, 0.25) is 0 Å². The zero-order chi connectivity index (χ0) is 21.4. The van der Waals surface area contributed by atoms with Crippen LogP contribution in [0, 0.1) is 0 Å². The molecule has 0 saturated heterocycles. The van der Waals surface area contributed by atoms with E-state index >= 15 is 0 Å². The molecule has 0 unspecified atom stereocenters. The van der Waals surface area contributed by atoms with Crippen molar-refractivity contribution in [3.63, 3.8) is 0 Å². The number of nitrogens with one attached hydrogen (secondary N) is 1. The van der Waals surface area contributed by atoms with Crippen molar-refractivity contribution >= 4 is 38.6 Å². The van der Waals surface area contributed by atoms with Gasteiger partial charge in [0.15, 0.2) is 11.5 Å². The smallest absolute Gasteiger partial charge is 0.264 e. The Morgan fingerprint density at radius 3 is 2.65 bits per heavy atom. The molecular weight excluding hydrogens is 436 g/mol. The lowest BCUT2D eigenvalue weighted by Gasteiger charge is -2.27. The Balaban J connectivity index is 1.56. The number of benzene rings is 2. The third kappa shape index (κ3) is 3.86. The quantitative estimate of drug-likeness (QED) is 0.631. The number of rotatable bonds is 5. The molecule has 0 saturated carbocycles. The van der Waals surface area contributed by atoms with Crippen LogP contribution in [-0.2, 0) is 27.8 Å². The number of carbonyl (C=O) groups is 1. The molecule has 1 N–H and O–H groups in total. The summed E-state index contributed by atoms with van der Waals surface area (Å²) in [4.78, 5) is 12.7. The van der Waals surface area contributed by atoms with Crippen molar-refractivity contribution in [2.24, 2.45) is 0 Å². The highest BCUT2D eigenvalue weighted by molar-refractivity contribution is 7.92. The molecule has 2 aliphatic rings. The Bertz CT molecular complexity index is 1240. The molecule has 160 valence electrons. The number of amides is 1. The first kappa shape index (κ1) is 19.9. The number of hydrogen-bond acceptors (Lipinski definition) is 6. The van der Waals surface area contributed by atoms with Crippen LogP contribution in [0.15, 0.2) is 58.8 Å². The molecule has 3 heterocycles. The molecule has 0 bridgehead atoms. The zero-order valence-electron chi connectivity index (χ0n) is 16.5. The highest BCUT2D eigenvalue weighted by Crippen LogP contribution is 2.37. The highest BCUT2D eigenvalue weighted by atomic mass is 32.2. The van der Waals surface area contributed by atoms with Gasteiger partial charge in [0.05, 0.1) is 17.1 Å². The van der Waals surface area contributed by atoms with Gasteiger partial charge in [0, 0.05) is 23.1 Å². The van der Waals surface area contributed by atoms with Crippen molar-refractivity contribution in [1.82, 2.24) is 0 Å². The topological polar surface area (TPSA) is 84.9 Å². The maximum atomic E-state index is 13.7. The van der Waals surface area contributed by atoms with E-state index in [0.717, 1.165) is 10.4 Å². The van der Waals surface area contributed by atoms with Crippen LogP contribution < -0.4 is 19.1 Å². The Hall–Kier alpha value is -3.04. The number of aryl methyl sites for hydroxylation is 1. The SMILES string of the molecule is O=C1CCc2cc(S(=O)(=O)N(Cc3cccs3)c3ccc4c(c3)OCCO4)ccc2N1. The van der Waals surface area contributed by atoms with Crippen molar-refractivity contribution in [1.29, 1.82) is 0 Å². The van der Waals surface area contributed by atoms with Crippen LogP contribution in [-0.4, -0.2) is 27.5 Å². The molecular formula is C22H20N2O5S2. The first-order chi connectivity index (χ1) is 15.0. The second-order valence-corrected chi connectivity index (χ2v) is 10.2. The molecule has 2 aliphatic heterocycles. The molecule has 3 aromatic rings. The molecule has 9 heteroatoms. The summed E-state index contributed by atoms with van der Waals surface area (Å²) in [7, 11) is -3.87. The summed E-state index contributed by atoms with van der Waals surface area (Å²) < 4.78 is 40.1. The summed E-state index contributed by atoms with van der Waals surface area (Å²) >= 11 is 1.50. The first-order valence-electron chi connectivity index (χ1n) is 9.88. The molecule has 31 heavy (non-hydrogen) atoms. The van der Waals surface area contributed by atoms with Crippen LogP contribution >= 0.6 is 11.3 Å². The first-order valence-corrected chi connectivity index (χ1v) is 12.2. The van der Waals surface area contributed by atoms with Gasteiger partial charge in [-0.1, -0.05) is 6.07 Å². The van der Waals surface area contributed by atoms with E-state index in [9.17, 15) is 13.2 Å². The van der Waals surface area contributed by atoms with E-state index in [0.29, 0.717) is 48.9 Å². The number of thiophene rings is 1. The summed E-state index contributed by atoms with van der Waals surface area (Å²) in [5.74, 6) is 1.08. The fourth-order valence-electron chi connectivity index (χ4n) is 3.69. The van der Waals surface area contributed by atoms with Gasteiger partial charge < -0.3 is 14.8 Å². The number of nitrogens with zero attached hydrogens (tertiary/aromatic N) is 1. The third-order valence-corrected chi connectivity index (χ3v) is 7.88. The van der Waals surface area contributed by atoms with E-state index in [2.05, 4.69) is 5.32 Å². The van der Waals surface area contributed by atoms with Crippen molar-refractivity contribution < 1.29 is 22.7 Å². The van der Waals surface area contributed by atoms with Gasteiger partial charge in [-0.2, -0.15) is 0 Å². The van der Waals surface area contributed by atoms with Crippen LogP contribution in [0.3, 0.4) is 0 Å². The van der Waals surface area contributed by atoms with E-state index in [4.69, 9.17) is 9.47 Å². The summed E-state index contributed by atoms with van der Waals surface area (Å²) in [6.07, 6.45) is 0.858. The molecule has 1 aromatic heterocycles. The maximum Gasteiger partial charge on any atom is 0.264 e. The van der Waals surface area contributed by atoms with Crippen molar-refractivity contribution in [2.75, 3.05) is 22.8 Å². The predicted molar refractivity (Wildman–Crippen MR) is 119 cm³/mol. The van der Waals surface area contributed by atoms with Crippen molar-refractivity contribution in [2.45, 2.75) is 24.3 Å². The standard InChI is InChI=1S/C22H20N2O5S2/c25-22-8-3-15-12-18(5-6-19(15)23-22)31(26,27)24(14-17-2-1-11-30-17)16-4-7-20-21(13-16)29-10-9-28-20/h1-2,4-7,11-13H,3,8-10,14H2,(H,23,25). The molecule has 2 aromatic carbocycles. The van der Waals surface area contributed by atoms with E-state index < -0.39 is 10.0 Å². The largest absolute Gasteiger partial charge is 0.486 e. The zero-order valence-corrected chi connectivity index (χ0v) is 18.2. The van der Waals surface area contributed by atoms with Gasteiger partial charge in [-0.25, -0.2) is 8.42 Å². The lowest BCUT2D eigenvalue weighted by atomic mass is 10.0. The molecule has 1 amide bonds. The number of sulfonamides is 1. The summed E-state index contributed by atoms with van der Waals surface area (Å²) in [5, 5.41) is 4.72. The summed E-state index contributed by atoms with van der Waals surface area (Å²) in [6.45, 7) is 1.09. The Morgan fingerprint density at radius 2 is 1.84 bits per heavy atom. The van der Waals surface area contributed by atoms with Crippen LogP contribution in [0.1, 0.15) is 16.9 Å². The lowest BCUT2D eigenvalue weighted by molar-refractivity contribution is -0.116. The second kappa shape index (κ2) is 7.90. The maximum absolute atomic E-state index is 13.7. The third-order valence-electron chi connectivity index (χ3n) is 5.25. The highest BCUT2D eigenvalue weighted by Gasteiger charge is 2.28. The van der Waals surface area contributed by atoms with Crippen molar-refractivity contribution in [3.05, 3.63) is 64.4 Å². The minimum atomic E-state index is -3.87. The monoisotopic (exact) mass is 456 g/mol. The average molecular weight is 457 g/mol. The van der Waals surface area contributed by atoms with Gasteiger partial charge >= 0.3 is 0 Å². The normalized spacial score (nSPS) is 15.2. The van der Waals surface area contributed by atoms with Crippen molar-refractivity contribution in [3.8, 4) is 11.5 Å². The van der Waals surface area contributed by atoms with Gasteiger partial charge in [-0.3, -0.25) is 9.10 Å². The molecule has 0 radical (unpaired) electrons. The predicted octanol–water partition coefficient (Wildman–Crippen LogP) is 3.80. The molecule has 0 fully saturated rings. The van der Waals surface area contributed by atoms with Crippen LogP contribution in [0.25, 0.3) is 0 Å². The fourth-order valence-corrected chi connectivity index (χ4v) is 5.95. The minimum Gasteiger partial charge on any atom is -0.486 e. The van der Waals surface area contributed by atoms with E-state index in [1.54, 1.807) is 36.4 Å². The Kier molecular flexibility index (Phi) is 5.07. The van der Waals surface area contributed by atoms with E-state index in [1.807, 2.05) is 17.5 Å². The van der Waals surface area contributed by atoms with Gasteiger partial charge in [0.1, 0.15) is 13.2 Å². The average Bonchev–Trinajstić information content (AvgIpc) is 3.30. The minimum absolute atomic E-state index is 0.0568. The number of hydrogen-bond donors (Lipinski definition) is 1. The molecule has 7 nitrogen and oxygen atoms in total. The molecule has 5 rings (SSSR count). The van der Waals surface area contributed by atoms with E-state index in [1.165, 1.54) is 15.6 Å². The second-order valence-electron chi connectivity index (χ2n) is 7.29. The number of ether oxygens (including phenoxy) is 2. The molecule has 0 spiro atoms. The number of carbonyl (C=O) groups excluding carboxylic acids is 1. The van der Waals surface area contributed by atoms with Gasteiger partial charge in [-0.15, -0.1) is 11.3 Å². The molecule has 0 atom stereocenters. The Morgan fingerprint density at radius 1 is 1.00 bits per heavy atom. The number of fused-ring (bicyclic) bond motifs is 2. The van der Waals surface area contributed by atoms with Crippen LogP contribution in [0.5, 0.6) is 11.5 Å². The van der Waals surface area contributed by atoms with Gasteiger partial charge in [-0.05, 0) is 53.8 Å².